The lowest BCUT2D eigenvalue weighted by Crippen LogP contribution is -2.37. The van der Waals surface area contributed by atoms with E-state index in [-0.39, 0.29) is 17.9 Å². The lowest BCUT2D eigenvalue weighted by molar-refractivity contribution is -0.154. The van der Waals surface area contributed by atoms with E-state index in [4.69, 9.17) is 14.5 Å². The molecule has 3 aromatic rings. The number of fused-ring (bicyclic) bond motifs is 1. The summed E-state index contributed by atoms with van der Waals surface area (Å²) < 4.78 is 12.3. The summed E-state index contributed by atoms with van der Waals surface area (Å²) in [5.41, 5.74) is 0.538. The Morgan fingerprint density at radius 2 is 1.59 bits per heavy atom. The molecule has 198 valence electrons. The van der Waals surface area contributed by atoms with Crippen molar-refractivity contribution in [1.29, 1.82) is 0 Å². The zero-order valence-corrected chi connectivity index (χ0v) is 22.8. The van der Waals surface area contributed by atoms with E-state index >= 15 is 0 Å². The first kappa shape index (κ1) is 27.9. The third-order valence-corrected chi connectivity index (χ3v) is 5.39. The quantitative estimate of drug-likeness (QED) is 0.416. The topological polar surface area (TPSA) is 99.5 Å². The van der Waals surface area contributed by atoms with Crippen molar-refractivity contribution < 1.29 is 19.1 Å². The number of amides is 1. The Balaban J connectivity index is 2.01. The molecule has 0 bridgehead atoms. The van der Waals surface area contributed by atoms with Crippen LogP contribution in [0.5, 0.6) is 0 Å². The minimum absolute atomic E-state index is 0.239. The number of ether oxygens (including phenoxy) is 2. The molecule has 0 aliphatic carbocycles. The average molecular weight is 508 g/mol. The number of para-hydroxylation sites is 1. The lowest BCUT2D eigenvalue weighted by atomic mass is 10.0. The molecule has 1 aromatic heterocycles. The number of alkyl carbamates (subject to hydrolysis) is 1. The van der Waals surface area contributed by atoms with Crippen molar-refractivity contribution in [3.63, 3.8) is 0 Å². The molecule has 0 aliphatic heterocycles. The van der Waals surface area contributed by atoms with Crippen LogP contribution in [-0.2, 0) is 20.7 Å². The Hall–Kier alpha value is -3.68. The lowest BCUT2D eigenvalue weighted by Gasteiger charge is -2.23. The summed E-state index contributed by atoms with van der Waals surface area (Å²) in [5.74, 6) is 0.123. The van der Waals surface area contributed by atoms with Gasteiger partial charge in [-0.05, 0) is 85.1 Å². The van der Waals surface area contributed by atoms with E-state index in [9.17, 15) is 14.4 Å². The molecule has 37 heavy (non-hydrogen) atoms. The zero-order chi connectivity index (χ0) is 27.4. The number of hydrogen-bond acceptors (Lipinski definition) is 6. The van der Waals surface area contributed by atoms with E-state index in [1.54, 1.807) is 33.8 Å². The summed E-state index contributed by atoms with van der Waals surface area (Å²) in [6.07, 6.45) is 0.720. The minimum Gasteiger partial charge on any atom is -0.460 e. The Labute approximate surface area is 218 Å². The van der Waals surface area contributed by atoms with Gasteiger partial charge >= 0.3 is 12.1 Å². The number of aryl methyl sites for hydroxylation is 1. The minimum atomic E-state index is -0.659. The van der Waals surface area contributed by atoms with Gasteiger partial charge in [0.1, 0.15) is 17.0 Å². The second kappa shape index (κ2) is 11.2. The Kier molecular flexibility index (Phi) is 8.41. The molecule has 8 nitrogen and oxygen atoms in total. The Bertz CT molecular complexity index is 1320. The van der Waals surface area contributed by atoms with Gasteiger partial charge in [0, 0.05) is 6.42 Å². The molecule has 3 rings (SSSR count). The second-order valence-corrected chi connectivity index (χ2v) is 11.1. The SMILES string of the molecule is CC(NC(=O)OC(C)(C)C)c1nc2cccc(CCCC(=O)OC(C)(C)C)c2c(=O)n1-c1ccccc1. The molecule has 1 atom stereocenters. The molecule has 1 heterocycles. The van der Waals surface area contributed by atoms with Gasteiger partial charge < -0.3 is 14.8 Å². The molecule has 0 saturated heterocycles. The van der Waals surface area contributed by atoms with Crippen molar-refractivity contribution >= 4 is 23.0 Å². The van der Waals surface area contributed by atoms with E-state index in [1.807, 2.05) is 63.2 Å². The van der Waals surface area contributed by atoms with Crippen LogP contribution < -0.4 is 10.9 Å². The van der Waals surface area contributed by atoms with Crippen LogP contribution in [0.3, 0.4) is 0 Å². The Morgan fingerprint density at radius 3 is 2.22 bits per heavy atom. The summed E-state index contributed by atoms with van der Waals surface area (Å²) in [6, 6.07) is 14.1. The first-order valence-electron chi connectivity index (χ1n) is 12.6. The van der Waals surface area contributed by atoms with Gasteiger partial charge in [0.05, 0.1) is 22.6 Å². The Morgan fingerprint density at radius 1 is 0.946 bits per heavy atom. The monoisotopic (exact) mass is 507 g/mol. The van der Waals surface area contributed by atoms with Crippen molar-refractivity contribution in [3.05, 3.63) is 70.3 Å². The van der Waals surface area contributed by atoms with E-state index in [2.05, 4.69) is 5.32 Å². The van der Waals surface area contributed by atoms with Crippen molar-refractivity contribution in [3.8, 4) is 5.69 Å². The number of nitrogens with one attached hydrogen (secondary N) is 1. The fourth-order valence-electron chi connectivity index (χ4n) is 4.01. The van der Waals surface area contributed by atoms with Crippen LogP contribution in [0.4, 0.5) is 4.79 Å². The predicted molar refractivity (Wildman–Crippen MR) is 144 cm³/mol. The maximum Gasteiger partial charge on any atom is 0.408 e. The molecular formula is C29H37N3O5. The zero-order valence-electron chi connectivity index (χ0n) is 22.8. The van der Waals surface area contributed by atoms with Gasteiger partial charge in [-0.15, -0.1) is 0 Å². The van der Waals surface area contributed by atoms with Crippen LogP contribution in [0.1, 0.15) is 78.7 Å². The average Bonchev–Trinajstić information content (AvgIpc) is 2.77. The molecule has 1 amide bonds. The van der Waals surface area contributed by atoms with Gasteiger partial charge in [-0.25, -0.2) is 9.78 Å². The summed E-state index contributed by atoms with van der Waals surface area (Å²) in [6.45, 7) is 12.6. The van der Waals surface area contributed by atoms with Gasteiger partial charge in [-0.2, -0.15) is 0 Å². The molecule has 0 spiro atoms. The number of esters is 1. The first-order chi connectivity index (χ1) is 17.2. The molecule has 1 unspecified atom stereocenters. The van der Waals surface area contributed by atoms with Crippen LogP contribution in [-0.4, -0.2) is 32.8 Å². The van der Waals surface area contributed by atoms with Crippen LogP contribution in [0.2, 0.25) is 0 Å². The van der Waals surface area contributed by atoms with Gasteiger partial charge in [0.2, 0.25) is 0 Å². The van der Waals surface area contributed by atoms with Crippen molar-refractivity contribution in [2.75, 3.05) is 0 Å². The van der Waals surface area contributed by atoms with Crippen LogP contribution in [0.15, 0.2) is 53.3 Å². The number of nitrogens with zero attached hydrogens (tertiary/aromatic N) is 2. The highest BCUT2D eigenvalue weighted by Gasteiger charge is 2.24. The standard InChI is InChI=1S/C29H37N3O5/c1-19(30-27(35)37-29(5,6)7)25-31-22-17-11-13-20(14-12-18-23(33)36-28(2,3)4)24(22)26(34)32(25)21-15-9-8-10-16-21/h8-11,13,15-17,19H,12,14,18H2,1-7H3,(H,30,35). The molecule has 0 aliphatic rings. The van der Waals surface area contributed by atoms with Crippen molar-refractivity contribution in [2.45, 2.75) is 85.0 Å². The predicted octanol–water partition coefficient (Wildman–Crippen LogP) is 5.64. The summed E-state index contributed by atoms with van der Waals surface area (Å²) in [5, 5.41) is 3.29. The van der Waals surface area contributed by atoms with E-state index in [0.29, 0.717) is 35.3 Å². The number of benzene rings is 2. The number of aromatic nitrogens is 2. The highest BCUT2D eigenvalue weighted by atomic mass is 16.6. The van der Waals surface area contributed by atoms with Gasteiger partial charge in [-0.1, -0.05) is 30.3 Å². The summed E-state index contributed by atoms with van der Waals surface area (Å²) in [4.78, 5) is 43.4. The van der Waals surface area contributed by atoms with E-state index in [1.165, 1.54) is 4.57 Å². The molecule has 0 saturated carbocycles. The highest BCUT2D eigenvalue weighted by Crippen LogP contribution is 2.22. The second-order valence-electron chi connectivity index (χ2n) is 11.1. The van der Waals surface area contributed by atoms with Gasteiger partial charge in [0.25, 0.3) is 5.56 Å². The molecule has 2 aromatic carbocycles. The van der Waals surface area contributed by atoms with E-state index < -0.39 is 23.3 Å². The molecule has 0 radical (unpaired) electrons. The fourth-order valence-corrected chi connectivity index (χ4v) is 4.01. The van der Waals surface area contributed by atoms with Crippen LogP contribution in [0.25, 0.3) is 16.6 Å². The maximum absolute atomic E-state index is 14.0. The number of rotatable bonds is 7. The number of carbonyl (C=O) groups excluding carboxylic acids is 2. The largest absolute Gasteiger partial charge is 0.460 e. The molecular weight excluding hydrogens is 470 g/mol. The summed E-state index contributed by atoms with van der Waals surface area (Å²) in [7, 11) is 0. The van der Waals surface area contributed by atoms with Gasteiger partial charge in [-0.3, -0.25) is 14.2 Å². The first-order valence-corrected chi connectivity index (χ1v) is 12.6. The number of hydrogen-bond donors (Lipinski definition) is 1. The third-order valence-electron chi connectivity index (χ3n) is 5.39. The fraction of sp³-hybridized carbons (Fsp3) is 0.448. The van der Waals surface area contributed by atoms with Crippen molar-refractivity contribution in [2.24, 2.45) is 0 Å². The smallest absolute Gasteiger partial charge is 0.408 e. The van der Waals surface area contributed by atoms with Crippen molar-refractivity contribution in [1.82, 2.24) is 14.9 Å². The highest BCUT2D eigenvalue weighted by molar-refractivity contribution is 5.82. The maximum atomic E-state index is 14.0. The van der Waals surface area contributed by atoms with Crippen LogP contribution in [0, 0.1) is 0 Å². The molecule has 1 N–H and O–H groups in total. The number of carbonyl (C=O) groups is 2. The molecule has 0 fully saturated rings. The van der Waals surface area contributed by atoms with Gasteiger partial charge in [0.15, 0.2) is 0 Å². The summed E-state index contributed by atoms with van der Waals surface area (Å²) >= 11 is 0. The normalized spacial score (nSPS) is 12.7. The van der Waals surface area contributed by atoms with E-state index in [0.717, 1.165) is 5.56 Å². The third kappa shape index (κ3) is 7.65. The van der Waals surface area contributed by atoms with Crippen LogP contribution >= 0.6 is 0 Å². The molecule has 8 heteroatoms.